The van der Waals surface area contributed by atoms with Crippen LogP contribution in [0, 0.1) is 10.1 Å². The van der Waals surface area contributed by atoms with Gasteiger partial charge in [-0.05, 0) is 31.5 Å². The van der Waals surface area contributed by atoms with Gasteiger partial charge in [-0.1, -0.05) is 19.8 Å². The molecular formula is C31H48N6O9. The number of likely N-dealkylation sites (N-methyl/N-ethyl adjacent to an activating group) is 1. The molecule has 0 radical (unpaired) electrons. The summed E-state index contributed by atoms with van der Waals surface area (Å²) in [7, 11) is 2.73. The number of nitro benzene ring substituents is 1. The first-order valence-electron chi connectivity index (χ1n) is 15.9. The molecule has 0 spiro atoms. The highest BCUT2D eigenvalue weighted by Crippen LogP contribution is 2.24. The SMILES string of the molecule is CCN1CCN(CC(=O)OC)CCN(CC(=O)N(CC(=O)Oc2ccc([N+](=O)[O-])cc2)C2CCCC2)CCN(CC(=O)OC)CC1. The molecule has 1 saturated carbocycles. The predicted molar refractivity (Wildman–Crippen MR) is 168 cm³/mol. The van der Waals surface area contributed by atoms with Gasteiger partial charge in [0.1, 0.15) is 12.3 Å². The standard InChI is InChI=1S/C31H48N6O9/c1-4-32-13-15-34(22-29(39)44-2)19-17-33(18-20-35(16-14-32)23-30(40)45-3)21-28(38)36(25-7-5-6-8-25)24-31(41)46-27-11-9-26(10-12-27)37(42)43/h9-12,25H,4-8,13-24H2,1-3H3. The molecular weight excluding hydrogens is 600 g/mol. The van der Waals surface area contributed by atoms with E-state index in [1.54, 1.807) is 4.90 Å². The number of amides is 1. The second-order valence-electron chi connectivity index (χ2n) is 11.6. The van der Waals surface area contributed by atoms with Gasteiger partial charge in [0.2, 0.25) is 5.91 Å². The molecule has 3 rings (SSSR count). The summed E-state index contributed by atoms with van der Waals surface area (Å²) in [4.78, 5) is 71.6. The van der Waals surface area contributed by atoms with Crippen LogP contribution in [0.4, 0.5) is 5.69 Å². The number of nitro groups is 1. The summed E-state index contributed by atoms with van der Waals surface area (Å²) in [6.07, 6.45) is 3.47. The topological polar surface area (TPSA) is 155 Å². The molecule has 1 aromatic carbocycles. The van der Waals surface area contributed by atoms with Gasteiger partial charge >= 0.3 is 17.9 Å². The molecule has 15 heteroatoms. The lowest BCUT2D eigenvalue weighted by Crippen LogP contribution is -2.51. The van der Waals surface area contributed by atoms with Crippen LogP contribution in [0.1, 0.15) is 32.6 Å². The average molecular weight is 649 g/mol. The lowest BCUT2D eigenvalue weighted by Gasteiger charge is -2.34. The quantitative estimate of drug-likeness (QED) is 0.136. The van der Waals surface area contributed by atoms with E-state index in [2.05, 4.69) is 11.8 Å². The van der Waals surface area contributed by atoms with E-state index in [0.717, 1.165) is 45.3 Å². The van der Waals surface area contributed by atoms with Gasteiger partial charge in [-0.15, -0.1) is 0 Å². The minimum atomic E-state index is -0.628. The zero-order valence-corrected chi connectivity index (χ0v) is 27.3. The van der Waals surface area contributed by atoms with Crippen molar-refractivity contribution in [1.29, 1.82) is 0 Å². The van der Waals surface area contributed by atoms with Crippen LogP contribution >= 0.6 is 0 Å². The van der Waals surface area contributed by atoms with E-state index in [0.29, 0.717) is 39.3 Å². The van der Waals surface area contributed by atoms with Gasteiger partial charge in [-0.25, -0.2) is 4.79 Å². The Labute approximate surface area is 270 Å². The van der Waals surface area contributed by atoms with Crippen molar-refractivity contribution >= 4 is 29.5 Å². The van der Waals surface area contributed by atoms with Gasteiger partial charge in [-0.2, -0.15) is 0 Å². The van der Waals surface area contributed by atoms with Gasteiger partial charge < -0.3 is 24.0 Å². The molecule has 1 heterocycles. The fourth-order valence-corrected chi connectivity index (χ4v) is 5.72. The first kappa shape index (κ1) is 36.8. The fourth-order valence-electron chi connectivity index (χ4n) is 5.72. The van der Waals surface area contributed by atoms with Crippen molar-refractivity contribution in [2.24, 2.45) is 0 Å². The van der Waals surface area contributed by atoms with Crippen LogP contribution in [-0.2, 0) is 28.7 Å². The Bertz CT molecular complexity index is 1130. The second-order valence-corrected chi connectivity index (χ2v) is 11.6. The van der Waals surface area contributed by atoms with Crippen molar-refractivity contribution in [3.05, 3.63) is 34.4 Å². The molecule has 1 aliphatic carbocycles. The third-order valence-electron chi connectivity index (χ3n) is 8.56. The maximum Gasteiger partial charge on any atom is 0.331 e. The molecule has 1 amide bonds. The minimum absolute atomic E-state index is 0.0422. The molecule has 1 saturated heterocycles. The summed E-state index contributed by atoms with van der Waals surface area (Å²) in [5.41, 5.74) is -0.119. The minimum Gasteiger partial charge on any atom is -0.468 e. The Morgan fingerprint density at radius 2 is 1.22 bits per heavy atom. The van der Waals surface area contributed by atoms with Crippen LogP contribution in [0.15, 0.2) is 24.3 Å². The highest BCUT2D eigenvalue weighted by molar-refractivity contribution is 5.84. The number of nitrogens with zero attached hydrogens (tertiary/aromatic N) is 6. The van der Waals surface area contributed by atoms with E-state index in [9.17, 15) is 29.3 Å². The Hall–Kier alpha value is -3.66. The Morgan fingerprint density at radius 3 is 1.65 bits per heavy atom. The maximum atomic E-state index is 13.9. The van der Waals surface area contributed by atoms with Crippen LogP contribution in [0.5, 0.6) is 5.75 Å². The van der Waals surface area contributed by atoms with Crippen molar-refractivity contribution in [1.82, 2.24) is 24.5 Å². The summed E-state index contributed by atoms with van der Waals surface area (Å²) in [6, 6.07) is 5.12. The summed E-state index contributed by atoms with van der Waals surface area (Å²) >= 11 is 0. The molecule has 0 bridgehead atoms. The number of non-ortho nitro benzene ring substituents is 1. The number of carbonyl (C=O) groups excluding carboxylic acids is 4. The van der Waals surface area contributed by atoms with Crippen molar-refractivity contribution < 1.29 is 38.3 Å². The third-order valence-corrected chi connectivity index (χ3v) is 8.56. The number of ether oxygens (including phenoxy) is 3. The van der Waals surface area contributed by atoms with E-state index >= 15 is 0 Å². The lowest BCUT2D eigenvalue weighted by molar-refractivity contribution is -0.384. The van der Waals surface area contributed by atoms with Gasteiger partial charge in [0.05, 0.1) is 38.8 Å². The van der Waals surface area contributed by atoms with Gasteiger partial charge in [0.15, 0.2) is 0 Å². The monoisotopic (exact) mass is 648 g/mol. The van der Waals surface area contributed by atoms with Crippen molar-refractivity contribution in [3.8, 4) is 5.75 Å². The molecule has 1 aromatic rings. The third kappa shape index (κ3) is 12.3. The van der Waals surface area contributed by atoms with Gasteiger partial charge in [0, 0.05) is 70.5 Å². The molecule has 46 heavy (non-hydrogen) atoms. The normalized spacial score (nSPS) is 18.2. The molecule has 2 aliphatic rings. The molecule has 15 nitrogen and oxygen atoms in total. The van der Waals surface area contributed by atoms with Gasteiger partial charge in [0.25, 0.3) is 5.69 Å². The summed E-state index contributed by atoms with van der Waals surface area (Å²) < 4.78 is 15.3. The largest absolute Gasteiger partial charge is 0.468 e. The summed E-state index contributed by atoms with van der Waals surface area (Å²) in [5.74, 6) is -1.34. The van der Waals surface area contributed by atoms with E-state index in [-0.39, 0.29) is 61.5 Å². The number of hydrogen-bond acceptors (Lipinski definition) is 13. The highest BCUT2D eigenvalue weighted by Gasteiger charge is 2.30. The smallest absolute Gasteiger partial charge is 0.331 e. The molecule has 0 aromatic heterocycles. The molecule has 256 valence electrons. The van der Waals surface area contributed by atoms with Crippen LogP contribution < -0.4 is 4.74 Å². The van der Waals surface area contributed by atoms with Crippen LogP contribution in [0.3, 0.4) is 0 Å². The maximum absolute atomic E-state index is 13.9. The van der Waals surface area contributed by atoms with Crippen molar-refractivity contribution in [2.75, 3.05) is 99.3 Å². The van der Waals surface area contributed by atoms with E-state index in [1.165, 1.54) is 38.5 Å². The van der Waals surface area contributed by atoms with Crippen molar-refractivity contribution in [3.63, 3.8) is 0 Å². The number of methoxy groups -OCH3 is 2. The molecule has 1 aliphatic heterocycles. The Balaban J connectivity index is 1.75. The predicted octanol–water partition coefficient (Wildman–Crippen LogP) is 0.859. The zero-order chi connectivity index (χ0) is 33.5. The molecule has 2 fully saturated rings. The van der Waals surface area contributed by atoms with E-state index in [4.69, 9.17) is 14.2 Å². The number of carbonyl (C=O) groups is 4. The Morgan fingerprint density at radius 1 is 0.761 bits per heavy atom. The Kier molecular flexibility index (Phi) is 15.3. The molecule has 0 atom stereocenters. The first-order valence-corrected chi connectivity index (χ1v) is 15.9. The zero-order valence-electron chi connectivity index (χ0n) is 27.3. The fraction of sp³-hybridized carbons (Fsp3) is 0.677. The number of benzene rings is 1. The summed E-state index contributed by atoms with van der Waals surface area (Å²) in [5, 5.41) is 11.0. The molecule has 0 unspecified atom stereocenters. The first-order chi connectivity index (χ1) is 22.1. The van der Waals surface area contributed by atoms with Crippen molar-refractivity contribution in [2.45, 2.75) is 38.6 Å². The number of hydrogen-bond donors (Lipinski definition) is 0. The average Bonchev–Trinajstić information content (AvgIpc) is 3.58. The van der Waals surface area contributed by atoms with E-state index < -0.39 is 10.9 Å². The van der Waals surface area contributed by atoms with Crippen LogP contribution in [0.25, 0.3) is 0 Å². The van der Waals surface area contributed by atoms with Crippen LogP contribution in [-0.4, -0.2) is 159 Å². The van der Waals surface area contributed by atoms with E-state index in [1.807, 2.05) is 14.7 Å². The number of esters is 3. The highest BCUT2D eigenvalue weighted by atomic mass is 16.6. The number of rotatable bonds is 12. The molecule has 0 N–H and O–H groups in total. The van der Waals surface area contributed by atoms with Gasteiger partial charge in [-0.3, -0.25) is 39.2 Å². The summed E-state index contributed by atoms with van der Waals surface area (Å²) in [6.45, 7) is 7.66. The second kappa shape index (κ2) is 19.1. The lowest BCUT2D eigenvalue weighted by atomic mass is 10.2. The van der Waals surface area contributed by atoms with Crippen LogP contribution in [0.2, 0.25) is 0 Å².